The summed E-state index contributed by atoms with van der Waals surface area (Å²) in [6, 6.07) is 10.1. The summed E-state index contributed by atoms with van der Waals surface area (Å²) < 4.78 is 16.1. The molecule has 0 aromatic heterocycles. The summed E-state index contributed by atoms with van der Waals surface area (Å²) in [5, 5.41) is 21.5. The van der Waals surface area contributed by atoms with Gasteiger partial charge in [0.1, 0.15) is 23.9 Å². The molecule has 206 valence electrons. The minimum atomic E-state index is -1.02. The van der Waals surface area contributed by atoms with E-state index in [2.05, 4.69) is 5.32 Å². The highest BCUT2D eigenvalue weighted by atomic mass is 16.6. The zero-order chi connectivity index (χ0) is 28.1. The van der Waals surface area contributed by atoms with Crippen LogP contribution in [0, 0.1) is 11.3 Å². The number of carbonyl (C=O) groups is 3. The molecule has 0 aliphatic heterocycles. The first-order chi connectivity index (χ1) is 17.2. The predicted octanol–water partition coefficient (Wildman–Crippen LogP) is 4.31. The Morgan fingerprint density at radius 2 is 1.65 bits per heavy atom. The van der Waals surface area contributed by atoms with Crippen molar-refractivity contribution in [3.63, 3.8) is 0 Å². The number of esters is 1. The molecular weight excluding hydrogens is 478 g/mol. The molecule has 0 fully saturated rings. The monoisotopic (exact) mass is 519 g/mol. The van der Waals surface area contributed by atoms with Crippen molar-refractivity contribution in [1.29, 1.82) is 5.26 Å². The fourth-order valence-electron chi connectivity index (χ4n) is 3.21. The largest absolute Gasteiger partial charge is 0.458 e. The highest BCUT2D eigenvalue weighted by Gasteiger charge is 2.28. The molecule has 0 aliphatic carbocycles. The molecule has 1 aromatic carbocycles. The number of nitrogens with zero attached hydrogens (tertiary/aromatic N) is 2. The number of aliphatic hydroxyl groups is 1. The van der Waals surface area contributed by atoms with Crippen molar-refractivity contribution in [2.75, 3.05) is 13.1 Å². The highest BCUT2D eigenvalue weighted by Crippen LogP contribution is 2.14. The second-order valence-corrected chi connectivity index (χ2v) is 10.7. The van der Waals surface area contributed by atoms with Crippen molar-refractivity contribution in [2.45, 2.75) is 97.2 Å². The highest BCUT2D eigenvalue weighted by molar-refractivity contribution is 5.81. The van der Waals surface area contributed by atoms with E-state index in [4.69, 9.17) is 19.5 Å². The molecule has 0 spiro atoms. The minimum Gasteiger partial charge on any atom is -0.458 e. The second-order valence-electron chi connectivity index (χ2n) is 10.7. The lowest BCUT2D eigenvalue weighted by Crippen LogP contribution is -2.46. The first-order valence-electron chi connectivity index (χ1n) is 12.4. The van der Waals surface area contributed by atoms with Gasteiger partial charge >= 0.3 is 18.2 Å². The Kier molecular flexibility index (Phi) is 12.9. The van der Waals surface area contributed by atoms with Gasteiger partial charge in [-0.05, 0) is 66.4 Å². The van der Waals surface area contributed by atoms with E-state index in [0.717, 1.165) is 5.56 Å². The van der Waals surface area contributed by atoms with Crippen molar-refractivity contribution in [3.8, 4) is 6.07 Å². The normalized spacial score (nSPS) is 13.0. The van der Waals surface area contributed by atoms with Gasteiger partial charge in [0.25, 0.3) is 0 Å². The number of alkyl carbamates (subject to hydrolysis) is 1. The molecule has 10 nitrogen and oxygen atoms in total. The van der Waals surface area contributed by atoms with Crippen molar-refractivity contribution in [1.82, 2.24) is 10.2 Å². The van der Waals surface area contributed by atoms with Gasteiger partial charge in [-0.15, -0.1) is 0 Å². The Morgan fingerprint density at radius 1 is 1.03 bits per heavy atom. The molecule has 2 amide bonds. The van der Waals surface area contributed by atoms with E-state index in [1.54, 1.807) is 41.5 Å². The minimum absolute atomic E-state index is 0.0627. The molecule has 37 heavy (non-hydrogen) atoms. The van der Waals surface area contributed by atoms with Crippen LogP contribution in [0.25, 0.3) is 0 Å². The molecule has 0 saturated carbocycles. The number of rotatable bonds is 12. The molecule has 0 heterocycles. The van der Waals surface area contributed by atoms with Crippen LogP contribution in [0.5, 0.6) is 0 Å². The Hall–Kier alpha value is -3.32. The lowest BCUT2D eigenvalue weighted by molar-refractivity contribution is -0.157. The van der Waals surface area contributed by atoms with Gasteiger partial charge < -0.3 is 29.5 Å². The van der Waals surface area contributed by atoms with Crippen LogP contribution in [-0.2, 0) is 25.6 Å². The van der Waals surface area contributed by atoms with Gasteiger partial charge in [-0.3, -0.25) is 0 Å². The van der Waals surface area contributed by atoms with Gasteiger partial charge in [0.15, 0.2) is 0 Å². The number of nitriles is 1. The van der Waals surface area contributed by atoms with Crippen molar-refractivity contribution in [3.05, 3.63) is 35.9 Å². The Bertz CT molecular complexity index is 901. The third kappa shape index (κ3) is 14.7. The van der Waals surface area contributed by atoms with Crippen LogP contribution in [-0.4, -0.2) is 64.6 Å². The summed E-state index contributed by atoms with van der Waals surface area (Å²) in [4.78, 5) is 39.0. The van der Waals surface area contributed by atoms with Crippen LogP contribution in [0.1, 0.15) is 72.8 Å². The van der Waals surface area contributed by atoms with E-state index in [0.29, 0.717) is 12.8 Å². The average Bonchev–Trinajstić information content (AvgIpc) is 2.77. The number of benzene rings is 1. The lowest BCUT2D eigenvalue weighted by Gasteiger charge is -2.27. The van der Waals surface area contributed by atoms with Gasteiger partial charge in [-0.1, -0.05) is 30.3 Å². The summed E-state index contributed by atoms with van der Waals surface area (Å²) >= 11 is 0. The molecule has 2 atom stereocenters. The summed E-state index contributed by atoms with van der Waals surface area (Å²) in [6.45, 7) is 10.6. The zero-order valence-corrected chi connectivity index (χ0v) is 22.8. The Labute approximate surface area is 219 Å². The van der Waals surface area contributed by atoms with E-state index in [9.17, 15) is 19.5 Å². The summed E-state index contributed by atoms with van der Waals surface area (Å²) in [7, 11) is 0. The van der Waals surface area contributed by atoms with Gasteiger partial charge in [0, 0.05) is 6.54 Å². The molecule has 10 heteroatoms. The van der Waals surface area contributed by atoms with Crippen LogP contribution in [0.4, 0.5) is 9.59 Å². The van der Waals surface area contributed by atoms with E-state index >= 15 is 0 Å². The van der Waals surface area contributed by atoms with Crippen molar-refractivity contribution in [2.24, 2.45) is 0 Å². The number of ether oxygens (including phenoxy) is 3. The van der Waals surface area contributed by atoms with Gasteiger partial charge in [-0.25, -0.2) is 14.4 Å². The van der Waals surface area contributed by atoms with Crippen LogP contribution in [0.2, 0.25) is 0 Å². The number of carbonyl (C=O) groups excluding carboxylic acids is 3. The maximum atomic E-state index is 12.7. The smallest absolute Gasteiger partial charge is 0.410 e. The number of aliphatic hydroxyl groups excluding tert-OH is 1. The molecule has 0 bridgehead atoms. The first-order valence-corrected chi connectivity index (χ1v) is 12.4. The molecule has 0 unspecified atom stereocenters. The third-order valence-electron chi connectivity index (χ3n) is 4.77. The topological polar surface area (TPSA) is 138 Å². The van der Waals surface area contributed by atoms with Crippen LogP contribution < -0.4 is 5.32 Å². The van der Waals surface area contributed by atoms with Crippen LogP contribution in [0.3, 0.4) is 0 Å². The van der Waals surface area contributed by atoms with Gasteiger partial charge in [-0.2, -0.15) is 5.26 Å². The Morgan fingerprint density at radius 3 is 2.22 bits per heavy atom. The zero-order valence-electron chi connectivity index (χ0n) is 22.8. The van der Waals surface area contributed by atoms with E-state index in [-0.39, 0.29) is 32.5 Å². The lowest BCUT2D eigenvalue weighted by atomic mass is 10.1. The second kappa shape index (κ2) is 15.1. The first kappa shape index (κ1) is 31.7. The summed E-state index contributed by atoms with van der Waals surface area (Å²) in [5.41, 5.74) is -0.643. The number of hydrogen-bond acceptors (Lipinski definition) is 8. The van der Waals surface area contributed by atoms with E-state index in [1.807, 2.05) is 36.4 Å². The van der Waals surface area contributed by atoms with E-state index < -0.39 is 41.5 Å². The van der Waals surface area contributed by atoms with Crippen molar-refractivity contribution >= 4 is 18.2 Å². The maximum Gasteiger partial charge on any atom is 0.410 e. The fraction of sp³-hybridized carbons (Fsp3) is 0.630. The van der Waals surface area contributed by atoms with Crippen LogP contribution >= 0.6 is 0 Å². The summed E-state index contributed by atoms with van der Waals surface area (Å²) in [5.74, 6) is -0.582. The maximum absolute atomic E-state index is 12.7. The Balaban J connectivity index is 2.76. The number of hydrogen-bond donors (Lipinski definition) is 2. The number of amides is 2. The molecule has 0 radical (unpaired) electrons. The number of nitrogens with one attached hydrogen (secondary N) is 1. The van der Waals surface area contributed by atoms with Gasteiger partial charge in [0.2, 0.25) is 0 Å². The molecule has 1 rings (SSSR count). The number of unbranched alkanes of at least 4 members (excludes halogenated alkanes) is 1. The van der Waals surface area contributed by atoms with Crippen molar-refractivity contribution < 1.29 is 33.7 Å². The quantitative estimate of drug-likeness (QED) is 0.237. The van der Waals surface area contributed by atoms with Crippen LogP contribution in [0.15, 0.2) is 30.3 Å². The fourth-order valence-corrected chi connectivity index (χ4v) is 3.21. The summed E-state index contributed by atoms with van der Waals surface area (Å²) in [6.07, 6.45) is -1.32. The third-order valence-corrected chi connectivity index (χ3v) is 4.77. The standard InChI is InChI=1S/C27H41N3O7/c1-26(2,3)36-23(32)22(29-24(33)37-27(4,5)6)14-10-11-17-30(18-21(31)15-16-28)25(34)35-19-20-12-8-7-9-13-20/h7-9,12-13,21-22,31H,10-11,14-15,17-19H2,1-6H3,(H,29,33)/t21-,22+/m1/s1. The van der Waals surface area contributed by atoms with Gasteiger partial charge in [0.05, 0.1) is 25.1 Å². The SMILES string of the molecule is CC(C)(C)OC(=O)N[C@@H](CCCCN(C[C@H](O)CC#N)C(=O)OCc1ccccc1)C(=O)OC(C)(C)C. The predicted molar refractivity (Wildman–Crippen MR) is 137 cm³/mol. The molecule has 2 N–H and O–H groups in total. The molecule has 0 saturated heterocycles. The molecular formula is C27H41N3O7. The molecule has 1 aromatic rings. The molecule has 0 aliphatic rings. The van der Waals surface area contributed by atoms with E-state index in [1.165, 1.54) is 4.90 Å². The average molecular weight is 520 g/mol.